The standard InChI is InChI=1S/C16H18ClN3S/c1-3-18-15(12-5-4-11(2)14(17)8-12)9-13-10-20-6-7-21-16(20)19-13/h4-8,10,15,18H,3,9H2,1-2H3. The minimum absolute atomic E-state index is 0.234. The van der Waals surface area contributed by atoms with Crippen LogP contribution in [0.1, 0.15) is 29.8 Å². The number of thiazole rings is 1. The molecule has 0 aliphatic carbocycles. The molecule has 2 heterocycles. The number of aromatic nitrogens is 2. The first-order valence-corrected chi connectivity index (χ1v) is 8.33. The van der Waals surface area contributed by atoms with Gasteiger partial charge >= 0.3 is 0 Å². The Bertz CT molecular complexity index is 718. The maximum atomic E-state index is 6.26. The summed E-state index contributed by atoms with van der Waals surface area (Å²) >= 11 is 7.92. The maximum Gasteiger partial charge on any atom is 0.193 e. The van der Waals surface area contributed by atoms with E-state index in [4.69, 9.17) is 11.6 Å². The van der Waals surface area contributed by atoms with Crippen LogP contribution < -0.4 is 5.32 Å². The zero-order valence-corrected chi connectivity index (χ0v) is 13.7. The van der Waals surface area contributed by atoms with Gasteiger partial charge in [-0.25, -0.2) is 4.98 Å². The second kappa shape index (κ2) is 6.18. The van der Waals surface area contributed by atoms with Crippen molar-refractivity contribution in [2.45, 2.75) is 26.3 Å². The van der Waals surface area contributed by atoms with Crippen LogP contribution >= 0.6 is 22.9 Å². The predicted molar refractivity (Wildman–Crippen MR) is 89.4 cm³/mol. The largest absolute Gasteiger partial charge is 0.310 e. The molecule has 0 aliphatic heterocycles. The van der Waals surface area contributed by atoms with Crippen LogP contribution in [0.5, 0.6) is 0 Å². The normalized spacial score (nSPS) is 12.9. The molecule has 0 spiro atoms. The lowest BCUT2D eigenvalue weighted by atomic mass is 10.0. The average molecular weight is 320 g/mol. The molecule has 1 N–H and O–H groups in total. The summed E-state index contributed by atoms with van der Waals surface area (Å²) in [6.07, 6.45) is 5.01. The molecule has 1 unspecified atom stereocenters. The predicted octanol–water partition coefficient (Wildman–Crippen LogP) is 4.25. The molecule has 1 aromatic carbocycles. The molecule has 5 heteroatoms. The van der Waals surface area contributed by atoms with E-state index >= 15 is 0 Å². The summed E-state index contributed by atoms with van der Waals surface area (Å²) in [5.74, 6) is 0. The van der Waals surface area contributed by atoms with Gasteiger partial charge < -0.3 is 5.32 Å². The number of likely N-dealkylation sites (N-methyl/N-ethyl adjacent to an activating group) is 1. The Kier molecular flexibility index (Phi) is 4.29. The van der Waals surface area contributed by atoms with Gasteiger partial charge in [-0.1, -0.05) is 30.7 Å². The van der Waals surface area contributed by atoms with Crippen molar-refractivity contribution in [1.82, 2.24) is 14.7 Å². The second-order valence-corrected chi connectivity index (χ2v) is 6.43. The van der Waals surface area contributed by atoms with Gasteiger partial charge in [0, 0.05) is 35.3 Å². The Labute approximate surface area is 133 Å². The van der Waals surface area contributed by atoms with Gasteiger partial charge in [0.05, 0.1) is 5.69 Å². The fraction of sp³-hybridized carbons (Fsp3) is 0.312. The molecule has 2 aromatic heterocycles. The zero-order chi connectivity index (χ0) is 14.8. The van der Waals surface area contributed by atoms with Crippen LogP contribution in [0.2, 0.25) is 5.02 Å². The van der Waals surface area contributed by atoms with E-state index in [0.29, 0.717) is 0 Å². The van der Waals surface area contributed by atoms with Crippen LogP contribution in [0.3, 0.4) is 0 Å². The average Bonchev–Trinajstić information content (AvgIpc) is 3.02. The lowest BCUT2D eigenvalue weighted by Crippen LogP contribution is -2.23. The van der Waals surface area contributed by atoms with Gasteiger partial charge in [-0.3, -0.25) is 4.40 Å². The molecule has 0 aliphatic rings. The van der Waals surface area contributed by atoms with Crippen molar-refractivity contribution in [2.75, 3.05) is 6.54 Å². The summed E-state index contributed by atoms with van der Waals surface area (Å²) in [4.78, 5) is 5.71. The molecule has 0 saturated carbocycles. The first-order valence-electron chi connectivity index (χ1n) is 7.08. The van der Waals surface area contributed by atoms with Crippen LogP contribution in [0.15, 0.2) is 36.0 Å². The molecule has 0 saturated heterocycles. The van der Waals surface area contributed by atoms with E-state index in [1.54, 1.807) is 11.3 Å². The van der Waals surface area contributed by atoms with Crippen molar-refractivity contribution in [1.29, 1.82) is 0 Å². The molecule has 110 valence electrons. The molecular formula is C16H18ClN3S. The molecule has 0 radical (unpaired) electrons. The minimum Gasteiger partial charge on any atom is -0.310 e. The van der Waals surface area contributed by atoms with E-state index < -0.39 is 0 Å². The highest BCUT2D eigenvalue weighted by Crippen LogP contribution is 2.24. The Balaban J connectivity index is 1.86. The third-order valence-corrected chi connectivity index (χ3v) is 4.78. The second-order valence-electron chi connectivity index (χ2n) is 5.15. The fourth-order valence-electron chi connectivity index (χ4n) is 2.46. The van der Waals surface area contributed by atoms with E-state index in [9.17, 15) is 0 Å². The topological polar surface area (TPSA) is 29.3 Å². The molecule has 3 aromatic rings. The number of hydrogen-bond acceptors (Lipinski definition) is 3. The summed E-state index contributed by atoms with van der Waals surface area (Å²) in [7, 11) is 0. The Morgan fingerprint density at radius 1 is 1.43 bits per heavy atom. The van der Waals surface area contributed by atoms with Gasteiger partial charge in [-0.15, -0.1) is 11.3 Å². The number of halogens is 1. The SMILES string of the molecule is CCNC(Cc1cn2ccsc2n1)c1ccc(C)c(Cl)c1. The highest BCUT2D eigenvalue weighted by Gasteiger charge is 2.14. The Morgan fingerprint density at radius 3 is 3.00 bits per heavy atom. The Morgan fingerprint density at radius 2 is 2.29 bits per heavy atom. The van der Waals surface area contributed by atoms with Gasteiger partial charge in [0.1, 0.15) is 0 Å². The molecule has 21 heavy (non-hydrogen) atoms. The third-order valence-electron chi connectivity index (χ3n) is 3.61. The third kappa shape index (κ3) is 3.12. The van der Waals surface area contributed by atoms with Crippen LogP contribution in [0, 0.1) is 6.92 Å². The molecular weight excluding hydrogens is 302 g/mol. The monoisotopic (exact) mass is 319 g/mol. The van der Waals surface area contributed by atoms with E-state index in [-0.39, 0.29) is 6.04 Å². The number of nitrogens with one attached hydrogen (secondary N) is 1. The summed E-state index contributed by atoms with van der Waals surface area (Å²) < 4.78 is 2.07. The number of fused-ring (bicyclic) bond motifs is 1. The van der Waals surface area contributed by atoms with Gasteiger partial charge in [0.2, 0.25) is 0 Å². The summed E-state index contributed by atoms with van der Waals surface area (Å²) in [5, 5.41) is 6.40. The van der Waals surface area contributed by atoms with E-state index in [0.717, 1.165) is 34.2 Å². The van der Waals surface area contributed by atoms with Crippen LogP contribution in [0.4, 0.5) is 0 Å². The van der Waals surface area contributed by atoms with Gasteiger partial charge in [-0.2, -0.15) is 0 Å². The number of hydrogen-bond donors (Lipinski definition) is 1. The van der Waals surface area contributed by atoms with Crippen LogP contribution in [0.25, 0.3) is 4.96 Å². The first kappa shape index (κ1) is 14.6. The number of aryl methyl sites for hydroxylation is 1. The van der Waals surface area contributed by atoms with Crippen molar-refractivity contribution in [3.8, 4) is 0 Å². The van der Waals surface area contributed by atoms with Crippen molar-refractivity contribution in [3.05, 3.63) is 57.8 Å². The zero-order valence-electron chi connectivity index (χ0n) is 12.1. The van der Waals surface area contributed by atoms with Crippen LogP contribution in [-0.4, -0.2) is 15.9 Å². The molecule has 0 amide bonds. The summed E-state index contributed by atoms with van der Waals surface area (Å²) in [5.41, 5.74) is 3.42. The summed E-state index contributed by atoms with van der Waals surface area (Å²) in [6, 6.07) is 6.52. The Hall–Kier alpha value is -1.36. The molecule has 3 rings (SSSR count). The van der Waals surface area contributed by atoms with Gasteiger partial charge in [0.25, 0.3) is 0 Å². The molecule has 3 nitrogen and oxygen atoms in total. The van der Waals surface area contributed by atoms with Crippen molar-refractivity contribution >= 4 is 27.9 Å². The number of imidazole rings is 1. The highest BCUT2D eigenvalue weighted by atomic mass is 35.5. The molecule has 1 atom stereocenters. The van der Waals surface area contributed by atoms with Crippen LogP contribution in [-0.2, 0) is 6.42 Å². The summed E-state index contributed by atoms with van der Waals surface area (Å²) in [6.45, 7) is 5.06. The lowest BCUT2D eigenvalue weighted by molar-refractivity contribution is 0.545. The molecule has 0 fully saturated rings. The van der Waals surface area contributed by atoms with Gasteiger partial charge in [0.15, 0.2) is 4.96 Å². The lowest BCUT2D eigenvalue weighted by Gasteiger charge is -2.18. The van der Waals surface area contributed by atoms with Crippen molar-refractivity contribution in [3.63, 3.8) is 0 Å². The van der Waals surface area contributed by atoms with Crippen molar-refractivity contribution < 1.29 is 0 Å². The number of nitrogens with zero attached hydrogens (tertiary/aromatic N) is 2. The molecule has 0 bridgehead atoms. The van der Waals surface area contributed by atoms with E-state index in [2.05, 4.69) is 46.0 Å². The fourth-order valence-corrected chi connectivity index (χ4v) is 3.37. The van der Waals surface area contributed by atoms with Crippen molar-refractivity contribution in [2.24, 2.45) is 0 Å². The number of benzene rings is 1. The van der Waals surface area contributed by atoms with E-state index in [1.807, 2.05) is 18.5 Å². The smallest absolute Gasteiger partial charge is 0.193 e. The van der Waals surface area contributed by atoms with E-state index in [1.165, 1.54) is 5.56 Å². The quantitative estimate of drug-likeness (QED) is 0.761. The van der Waals surface area contributed by atoms with Gasteiger partial charge in [-0.05, 0) is 30.7 Å². The highest BCUT2D eigenvalue weighted by molar-refractivity contribution is 7.15. The first-order chi connectivity index (χ1) is 10.2. The maximum absolute atomic E-state index is 6.26. The minimum atomic E-state index is 0.234. The number of rotatable bonds is 5.